The van der Waals surface area contributed by atoms with Gasteiger partial charge in [0.1, 0.15) is 0 Å². The first-order valence-corrected chi connectivity index (χ1v) is 6.62. The van der Waals surface area contributed by atoms with Gasteiger partial charge < -0.3 is 5.73 Å². The van der Waals surface area contributed by atoms with Gasteiger partial charge in [0.25, 0.3) is 0 Å². The topological polar surface area (TPSA) is 26.0 Å². The van der Waals surface area contributed by atoms with Crippen molar-refractivity contribution in [2.45, 2.75) is 25.7 Å². The number of aryl methyl sites for hydroxylation is 2. The fourth-order valence-corrected chi connectivity index (χ4v) is 2.70. The van der Waals surface area contributed by atoms with E-state index in [1.165, 1.54) is 34.7 Å². The van der Waals surface area contributed by atoms with Crippen LogP contribution >= 0.6 is 0 Å². The van der Waals surface area contributed by atoms with Gasteiger partial charge in [0.2, 0.25) is 0 Å². The maximum atomic E-state index is 5.48. The lowest BCUT2D eigenvalue weighted by Gasteiger charge is -2.03. The average Bonchev–Trinajstić information content (AvgIpc) is 2.82. The molecule has 1 aliphatic carbocycles. The van der Waals surface area contributed by atoms with Gasteiger partial charge in [0, 0.05) is 12.0 Å². The molecule has 3 rings (SSSR count). The lowest BCUT2D eigenvalue weighted by Crippen LogP contribution is -1.96. The van der Waals surface area contributed by atoms with E-state index in [2.05, 4.69) is 42.2 Å². The normalized spacial score (nSPS) is 12.5. The van der Waals surface area contributed by atoms with Crippen LogP contribution in [0.3, 0.4) is 0 Å². The van der Waals surface area contributed by atoms with Crippen LogP contribution in [-0.2, 0) is 12.8 Å². The number of nitrogens with two attached hydrogens (primary N) is 1. The molecule has 0 spiro atoms. The second kappa shape index (κ2) is 4.84. The Hall–Kier alpha value is -1.78. The minimum Gasteiger partial charge on any atom is -0.330 e. The van der Waals surface area contributed by atoms with Crippen LogP contribution in [0.25, 0.3) is 10.8 Å². The molecule has 1 heteroatoms. The SMILES string of the molecule is NCCCC#Cc1ccc2c3c(cccc13)CC2. The Morgan fingerprint density at radius 3 is 2.72 bits per heavy atom. The molecule has 90 valence electrons. The number of rotatable bonds is 2. The van der Waals surface area contributed by atoms with Crippen molar-refractivity contribution in [1.82, 2.24) is 0 Å². The van der Waals surface area contributed by atoms with Gasteiger partial charge in [-0.1, -0.05) is 36.1 Å². The predicted molar refractivity (Wildman–Crippen MR) is 76.5 cm³/mol. The van der Waals surface area contributed by atoms with E-state index < -0.39 is 0 Å². The monoisotopic (exact) mass is 235 g/mol. The highest BCUT2D eigenvalue weighted by atomic mass is 14.5. The van der Waals surface area contributed by atoms with Crippen LogP contribution in [0.15, 0.2) is 30.3 Å². The maximum absolute atomic E-state index is 5.48. The smallest absolute Gasteiger partial charge is 0.0323 e. The summed E-state index contributed by atoms with van der Waals surface area (Å²) in [5, 5.41) is 2.77. The summed E-state index contributed by atoms with van der Waals surface area (Å²) in [5.41, 5.74) is 9.60. The van der Waals surface area contributed by atoms with Crippen molar-refractivity contribution in [1.29, 1.82) is 0 Å². The first kappa shape index (κ1) is 11.3. The van der Waals surface area contributed by atoms with Crippen molar-refractivity contribution in [3.8, 4) is 11.8 Å². The quantitative estimate of drug-likeness (QED) is 0.628. The van der Waals surface area contributed by atoms with Gasteiger partial charge in [0.05, 0.1) is 0 Å². The van der Waals surface area contributed by atoms with Crippen molar-refractivity contribution in [2.24, 2.45) is 5.73 Å². The van der Waals surface area contributed by atoms with Crippen LogP contribution < -0.4 is 5.73 Å². The number of benzene rings is 2. The molecular formula is C17H17N. The van der Waals surface area contributed by atoms with Gasteiger partial charge in [-0.15, -0.1) is 0 Å². The highest BCUT2D eigenvalue weighted by Gasteiger charge is 2.14. The molecule has 0 fully saturated rings. The van der Waals surface area contributed by atoms with Gasteiger partial charge >= 0.3 is 0 Å². The lowest BCUT2D eigenvalue weighted by molar-refractivity contribution is 0.870. The summed E-state index contributed by atoms with van der Waals surface area (Å²) in [6.07, 6.45) is 4.22. The largest absolute Gasteiger partial charge is 0.330 e. The number of unbranched alkanes of at least 4 members (excludes halogenated alkanes) is 1. The summed E-state index contributed by atoms with van der Waals surface area (Å²) in [6, 6.07) is 11.0. The standard InChI is InChI=1S/C17H17N/c18-12-3-1-2-5-13-8-9-15-11-10-14-6-4-7-16(13)17(14)15/h4,6-9H,1,3,10-12,18H2. The first-order chi connectivity index (χ1) is 8.90. The van der Waals surface area contributed by atoms with Crippen LogP contribution in [0.4, 0.5) is 0 Å². The van der Waals surface area contributed by atoms with Crippen molar-refractivity contribution in [3.63, 3.8) is 0 Å². The summed E-state index contributed by atoms with van der Waals surface area (Å²) in [5.74, 6) is 6.52. The molecule has 0 aromatic heterocycles. The Balaban J connectivity index is 2.06. The van der Waals surface area contributed by atoms with Gasteiger partial charge in [-0.2, -0.15) is 0 Å². The van der Waals surface area contributed by atoms with Crippen LogP contribution in [0.5, 0.6) is 0 Å². The molecule has 0 radical (unpaired) electrons. The summed E-state index contributed by atoms with van der Waals surface area (Å²) < 4.78 is 0. The van der Waals surface area contributed by atoms with E-state index >= 15 is 0 Å². The molecule has 0 saturated heterocycles. The molecule has 18 heavy (non-hydrogen) atoms. The van der Waals surface area contributed by atoms with Crippen LogP contribution in [0.2, 0.25) is 0 Å². The van der Waals surface area contributed by atoms with E-state index in [1.807, 2.05) is 0 Å². The van der Waals surface area contributed by atoms with Gasteiger partial charge in [-0.25, -0.2) is 0 Å². The molecule has 0 aliphatic heterocycles. The van der Waals surface area contributed by atoms with E-state index in [0.29, 0.717) is 0 Å². The third-order valence-electron chi connectivity index (χ3n) is 3.61. The molecule has 0 atom stereocenters. The molecule has 2 aromatic rings. The first-order valence-electron chi connectivity index (χ1n) is 6.62. The predicted octanol–water partition coefficient (Wildman–Crippen LogP) is 3.03. The molecule has 2 N–H and O–H groups in total. The van der Waals surface area contributed by atoms with E-state index in [-0.39, 0.29) is 0 Å². The number of hydrogen-bond acceptors (Lipinski definition) is 1. The molecule has 0 bridgehead atoms. The van der Waals surface area contributed by atoms with Gasteiger partial charge in [0.15, 0.2) is 0 Å². The molecule has 0 heterocycles. The second-order valence-corrected chi connectivity index (χ2v) is 4.81. The Labute approximate surface area is 108 Å². The van der Waals surface area contributed by atoms with Crippen LogP contribution in [0, 0.1) is 11.8 Å². The number of hydrogen-bond donors (Lipinski definition) is 1. The van der Waals surface area contributed by atoms with Gasteiger partial charge in [-0.3, -0.25) is 0 Å². The van der Waals surface area contributed by atoms with E-state index in [1.54, 1.807) is 0 Å². The molecular weight excluding hydrogens is 218 g/mol. The van der Waals surface area contributed by atoms with E-state index in [9.17, 15) is 0 Å². The highest BCUT2D eigenvalue weighted by molar-refractivity contribution is 5.94. The van der Waals surface area contributed by atoms with Crippen molar-refractivity contribution < 1.29 is 0 Å². The van der Waals surface area contributed by atoms with Crippen LogP contribution in [-0.4, -0.2) is 6.54 Å². The lowest BCUT2D eigenvalue weighted by atomic mass is 10.00. The zero-order valence-electron chi connectivity index (χ0n) is 10.5. The third kappa shape index (κ3) is 1.89. The summed E-state index contributed by atoms with van der Waals surface area (Å²) >= 11 is 0. The molecule has 0 unspecified atom stereocenters. The maximum Gasteiger partial charge on any atom is 0.0323 e. The Morgan fingerprint density at radius 2 is 1.89 bits per heavy atom. The van der Waals surface area contributed by atoms with Crippen molar-refractivity contribution in [3.05, 3.63) is 47.0 Å². The van der Waals surface area contributed by atoms with Crippen molar-refractivity contribution >= 4 is 10.8 Å². The fraction of sp³-hybridized carbons (Fsp3) is 0.294. The molecule has 2 aromatic carbocycles. The minimum atomic E-state index is 0.721. The molecule has 0 saturated carbocycles. The fourth-order valence-electron chi connectivity index (χ4n) is 2.70. The second-order valence-electron chi connectivity index (χ2n) is 4.81. The minimum absolute atomic E-state index is 0.721. The van der Waals surface area contributed by atoms with Crippen LogP contribution in [0.1, 0.15) is 29.5 Å². The Bertz CT molecular complexity index is 633. The Morgan fingerprint density at radius 1 is 1.06 bits per heavy atom. The molecule has 1 nitrogen and oxygen atoms in total. The molecule has 1 aliphatic rings. The summed E-state index contributed by atoms with van der Waals surface area (Å²) in [6.45, 7) is 0.721. The highest BCUT2D eigenvalue weighted by Crippen LogP contribution is 2.32. The van der Waals surface area contributed by atoms with Gasteiger partial charge in [-0.05, 0) is 53.8 Å². The van der Waals surface area contributed by atoms with Crippen molar-refractivity contribution in [2.75, 3.05) is 6.54 Å². The van der Waals surface area contributed by atoms with E-state index in [0.717, 1.165) is 24.9 Å². The molecule has 0 amide bonds. The summed E-state index contributed by atoms with van der Waals surface area (Å²) in [7, 11) is 0. The zero-order valence-corrected chi connectivity index (χ0v) is 10.5. The zero-order chi connectivity index (χ0) is 12.4. The van der Waals surface area contributed by atoms with E-state index in [4.69, 9.17) is 5.73 Å². The summed E-state index contributed by atoms with van der Waals surface area (Å²) in [4.78, 5) is 0. The Kier molecular flexibility index (Phi) is 3.04. The average molecular weight is 235 g/mol. The third-order valence-corrected chi connectivity index (χ3v) is 3.61.